The number of carbonyl (C=O) groups excluding carboxylic acids is 1. The summed E-state index contributed by atoms with van der Waals surface area (Å²) in [6.07, 6.45) is -6.31. The summed E-state index contributed by atoms with van der Waals surface area (Å²) in [5.74, 6) is -0.815. The number of carbonyl (C=O) groups is 1. The van der Waals surface area contributed by atoms with E-state index in [2.05, 4.69) is 15.9 Å². The van der Waals surface area contributed by atoms with Crippen LogP contribution in [0.4, 0.5) is 0 Å². The number of alkyl halides is 1. The Kier molecular flexibility index (Phi) is 6.71. The lowest BCUT2D eigenvalue weighted by Gasteiger charge is -2.20. The van der Waals surface area contributed by atoms with E-state index in [9.17, 15) is 29.7 Å². The van der Waals surface area contributed by atoms with Gasteiger partial charge in [-0.2, -0.15) is 0 Å². The molecule has 11 nitrogen and oxygen atoms in total. The minimum atomic E-state index is -1.67. The Morgan fingerprint density at radius 2 is 2.08 bits per heavy atom. The molecule has 2 unspecified atom stereocenters. The van der Waals surface area contributed by atoms with Crippen molar-refractivity contribution in [2.24, 2.45) is 0 Å². The van der Waals surface area contributed by atoms with Gasteiger partial charge in [0.2, 0.25) is 0 Å². The van der Waals surface area contributed by atoms with E-state index in [0.717, 1.165) is 10.8 Å². The van der Waals surface area contributed by atoms with Crippen LogP contribution >= 0.6 is 15.9 Å². The van der Waals surface area contributed by atoms with E-state index in [1.807, 2.05) is 4.98 Å². The number of aliphatic hydroxyl groups is 4. The molecule has 1 saturated heterocycles. The number of nitrogens with one attached hydrogen (secondary N) is 1. The van der Waals surface area contributed by atoms with Crippen LogP contribution in [0, 0.1) is 0 Å². The fraction of sp³-hybridized carbons (Fsp3) is 0.643. The van der Waals surface area contributed by atoms with Crippen LogP contribution in [0.1, 0.15) is 24.8 Å². The Morgan fingerprint density at radius 3 is 2.62 bits per heavy atom. The molecule has 12 heteroatoms. The number of H-pyrrole nitrogens is 1. The molecule has 1 aromatic heterocycles. The molecule has 1 fully saturated rings. The highest BCUT2D eigenvalue weighted by Gasteiger charge is 2.44. The second kappa shape index (κ2) is 8.41. The SMILES string of the molecule is CCOC(=O)C(Br)C(O)c1cn([C@@H]2O[C@H](CO)[C@@H](O)[C@H]2O)c(=O)[nH]c1=O. The zero-order chi connectivity index (χ0) is 19.6. The molecule has 5 N–H and O–H groups in total. The molecule has 2 rings (SSSR count). The highest BCUT2D eigenvalue weighted by molar-refractivity contribution is 9.10. The summed E-state index contributed by atoms with van der Waals surface area (Å²) in [5.41, 5.74) is -2.28. The molecule has 1 aliphatic heterocycles. The number of esters is 1. The molecule has 0 aliphatic carbocycles. The average Bonchev–Trinajstić information content (AvgIpc) is 2.89. The van der Waals surface area contributed by atoms with E-state index >= 15 is 0 Å². The van der Waals surface area contributed by atoms with Crippen molar-refractivity contribution in [3.8, 4) is 0 Å². The maximum atomic E-state index is 12.0. The largest absolute Gasteiger partial charge is 0.465 e. The number of halogens is 1. The molecule has 0 aromatic carbocycles. The molecule has 6 atom stereocenters. The number of hydrogen-bond donors (Lipinski definition) is 5. The predicted octanol–water partition coefficient (Wildman–Crippen LogP) is -2.49. The van der Waals surface area contributed by atoms with Gasteiger partial charge in [0.05, 0.1) is 18.8 Å². The first-order valence-corrected chi connectivity index (χ1v) is 8.61. The zero-order valence-electron chi connectivity index (χ0n) is 13.6. The molecule has 0 bridgehead atoms. The van der Waals surface area contributed by atoms with Crippen LogP contribution in [0.2, 0.25) is 0 Å². The van der Waals surface area contributed by atoms with Crippen LogP contribution in [0.15, 0.2) is 15.8 Å². The summed E-state index contributed by atoms with van der Waals surface area (Å²) in [4.78, 5) is 36.4. The summed E-state index contributed by atoms with van der Waals surface area (Å²) >= 11 is 2.93. The number of aliphatic hydroxyl groups excluding tert-OH is 4. The molecular formula is C14H19BrN2O9. The molecule has 146 valence electrons. The molecule has 0 amide bonds. The Morgan fingerprint density at radius 1 is 1.42 bits per heavy atom. The van der Waals surface area contributed by atoms with Crippen molar-refractivity contribution in [3.63, 3.8) is 0 Å². The van der Waals surface area contributed by atoms with E-state index in [1.165, 1.54) is 0 Å². The van der Waals surface area contributed by atoms with Gasteiger partial charge in [-0.1, -0.05) is 15.9 Å². The number of hydrogen-bond acceptors (Lipinski definition) is 9. The van der Waals surface area contributed by atoms with E-state index < -0.39 is 59.3 Å². The van der Waals surface area contributed by atoms with Crippen molar-refractivity contribution in [1.29, 1.82) is 0 Å². The fourth-order valence-corrected chi connectivity index (χ4v) is 2.94. The molecule has 26 heavy (non-hydrogen) atoms. The summed E-state index contributed by atoms with van der Waals surface area (Å²) < 4.78 is 10.7. The fourth-order valence-electron chi connectivity index (χ4n) is 2.52. The van der Waals surface area contributed by atoms with Crippen molar-refractivity contribution >= 4 is 21.9 Å². The summed E-state index contributed by atoms with van der Waals surface area (Å²) in [6, 6.07) is 0. The van der Waals surface area contributed by atoms with Crippen molar-refractivity contribution in [2.75, 3.05) is 13.2 Å². The third-order valence-electron chi connectivity index (χ3n) is 3.89. The first-order chi connectivity index (χ1) is 12.2. The van der Waals surface area contributed by atoms with Gasteiger partial charge in [-0.3, -0.25) is 19.1 Å². The quantitative estimate of drug-likeness (QED) is 0.238. The minimum absolute atomic E-state index is 0.0616. The predicted molar refractivity (Wildman–Crippen MR) is 88.6 cm³/mol. The Hall–Kier alpha value is -1.57. The average molecular weight is 439 g/mol. The third kappa shape index (κ3) is 3.89. The van der Waals surface area contributed by atoms with Gasteiger partial charge in [0, 0.05) is 6.20 Å². The lowest BCUT2D eigenvalue weighted by atomic mass is 10.1. The number of ether oxygens (including phenoxy) is 2. The summed E-state index contributed by atoms with van der Waals surface area (Å²) in [5, 5.41) is 39.2. The smallest absolute Gasteiger partial charge is 0.330 e. The van der Waals surface area contributed by atoms with Gasteiger partial charge in [-0.15, -0.1) is 0 Å². The summed E-state index contributed by atoms with van der Waals surface area (Å²) in [6.45, 7) is 1.03. The minimum Gasteiger partial charge on any atom is -0.465 e. The van der Waals surface area contributed by atoms with Gasteiger partial charge in [-0.05, 0) is 6.92 Å². The van der Waals surface area contributed by atoms with Crippen LogP contribution < -0.4 is 11.2 Å². The zero-order valence-corrected chi connectivity index (χ0v) is 15.2. The van der Waals surface area contributed by atoms with Crippen LogP contribution in [-0.2, 0) is 14.3 Å². The molecule has 2 heterocycles. The van der Waals surface area contributed by atoms with Crippen molar-refractivity contribution in [2.45, 2.75) is 42.4 Å². The topological polar surface area (TPSA) is 171 Å². The first-order valence-electron chi connectivity index (χ1n) is 7.69. The second-order valence-electron chi connectivity index (χ2n) is 5.58. The second-order valence-corrected chi connectivity index (χ2v) is 6.56. The number of aromatic nitrogens is 2. The monoisotopic (exact) mass is 438 g/mol. The first kappa shape index (κ1) is 20.7. The van der Waals surface area contributed by atoms with Gasteiger partial charge >= 0.3 is 11.7 Å². The summed E-state index contributed by atoms with van der Waals surface area (Å²) in [7, 11) is 0. The normalized spacial score (nSPS) is 27.9. The Bertz CT molecular complexity index is 764. The number of nitrogens with zero attached hydrogens (tertiary/aromatic N) is 1. The Balaban J connectivity index is 2.40. The van der Waals surface area contributed by atoms with Gasteiger partial charge in [0.1, 0.15) is 29.2 Å². The third-order valence-corrected chi connectivity index (χ3v) is 4.77. The van der Waals surface area contributed by atoms with Crippen molar-refractivity contribution < 1.29 is 34.7 Å². The van der Waals surface area contributed by atoms with Gasteiger partial charge < -0.3 is 29.9 Å². The number of rotatable bonds is 6. The highest BCUT2D eigenvalue weighted by Crippen LogP contribution is 2.29. The molecule has 0 radical (unpaired) electrons. The van der Waals surface area contributed by atoms with Gasteiger partial charge in [-0.25, -0.2) is 4.79 Å². The lowest BCUT2D eigenvalue weighted by molar-refractivity contribution is -0.144. The highest BCUT2D eigenvalue weighted by atomic mass is 79.9. The van der Waals surface area contributed by atoms with Crippen molar-refractivity contribution in [3.05, 3.63) is 32.6 Å². The van der Waals surface area contributed by atoms with E-state index in [4.69, 9.17) is 14.6 Å². The van der Waals surface area contributed by atoms with E-state index in [0.29, 0.717) is 0 Å². The number of aromatic amines is 1. The molecule has 1 aromatic rings. The van der Waals surface area contributed by atoms with Crippen LogP contribution in [0.25, 0.3) is 0 Å². The van der Waals surface area contributed by atoms with Gasteiger partial charge in [0.15, 0.2) is 6.23 Å². The maximum Gasteiger partial charge on any atom is 0.330 e. The van der Waals surface area contributed by atoms with Gasteiger partial charge in [0.25, 0.3) is 5.56 Å². The van der Waals surface area contributed by atoms with E-state index in [1.54, 1.807) is 6.92 Å². The van der Waals surface area contributed by atoms with Crippen LogP contribution in [0.5, 0.6) is 0 Å². The van der Waals surface area contributed by atoms with Crippen LogP contribution in [0.3, 0.4) is 0 Å². The standard InChI is InChI=1S/C14H19BrN2O9/c1-2-25-13(23)7(15)8(19)5-3-17(14(24)16-11(5)22)12-10(21)9(20)6(4-18)26-12/h3,6-10,12,18-21H,2,4H2,1H3,(H,16,22,24)/t6-,7?,8?,9-,10-,12-/m1/s1. The maximum absolute atomic E-state index is 12.0. The molecular weight excluding hydrogens is 420 g/mol. The molecule has 1 aliphatic rings. The van der Waals surface area contributed by atoms with Crippen LogP contribution in [-0.4, -0.2) is 72.3 Å². The van der Waals surface area contributed by atoms with Crippen molar-refractivity contribution in [1.82, 2.24) is 9.55 Å². The van der Waals surface area contributed by atoms with E-state index in [-0.39, 0.29) is 12.2 Å². The molecule has 0 saturated carbocycles. The lowest BCUT2D eigenvalue weighted by Crippen LogP contribution is -2.40. The Labute approximate surface area is 154 Å². The molecule has 0 spiro atoms.